The molecule has 3 aliphatic heterocycles. The Kier molecular flexibility index (Phi) is 16.2. The van der Waals surface area contributed by atoms with Crippen LogP contribution in [0.2, 0.25) is 15.2 Å². The number of amides is 6. The molecule has 0 fully saturated rings. The van der Waals surface area contributed by atoms with E-state index < -0.39 is 11.6 Å². The van der Waals surface area contributed by atoms with E-state index in [-0.39, 0.29) is 34.5 Å². The molecule has 0 saturated heterocycles. The van der Waals surface area contributed by atoms with Crippen LogP contribution in [-0.4, -0.2) is 88.0 Å². The van der Waals surface area contributed by atoms with Crippen molar-refractivity contribution in [1.29, 1.82) is 5.26 Å². The summed E-state index contributed by atoms with van der Waals surface area (Å²) in [6.45, 7) is 2.98. The molecule has 12 rings (SSSR count). The average molecular weight is 1120 g/mol. The van der Waals surface area contributed by atoms with Crippen LogP contribution in [0.3, 0.4) is 0 Å². The molecule has 0 radical (unpaired) electrons. The lowest BCUT2D eigenvalue weighted by molar-refractivity contribution is 0.205. The minimum Gasteiger partial charge on any atom is -0.320 e. The highest BCUT2D eigenvalue weighted by Gasteiger charge is 2.29. The zero-order valence-electron chi connectivity index (χ0n) is 41.8. The van der Waals surface area contributed by atoms with Crippen molar-refractivity contribution in [2.24, 2.45) is 0 Å². The topological polar surface area (TPSA) is 220 Å². The number of halogens is 5. The predicted octanol–water partition coefficient (Wildman–Crippen LogP) is 12.5. The Hall–Kier alpha value is -9.09. The summed E-state index contributed by atoms with van der Waals surface area (Å²) in [5.41, 5.74) is 12.6. The van der Waals surface area contributed by atoms with E-state index in [1.54, 1.807) is 26.8 Å². The maximum Gasteiger partial charge on any atom is 0.322 e. The molecule has 22 heteroatoms. The summed E-state index contributed by atoms with van der Waals surface area (Å²) in [6.07, 6.45) is 3.55. The van der Waals surface area contributed by atoms with Gasteiger partial charge in [0, 0.05) is 100 Å². The van der Waals surface area contributed by atoms with Crippen molar-refractivity contribution in [3.63, 3.8) is 0 Å². The number of rotatable bonds is 6. The number of hydrogen-bond acceptors (Lipinski definition) is 8. The number of fused-ring (bicyclic) bond motifs is 3. The Morgan fingerprint density at radius 2 is 0.962 bits per heavy atom. The Morgan fingerprint density at radius 1 is 0.532 bits per heavy atom. The Labute approximate surface area is 466 Å². The molecule has 79 heavy (non-hydrogen) atoms. The minimum atomic E-state index is -0.607. The van der Waals surface area contributed by atoms with Crippen LogP contribution < -0.4 is 16.0 Å². The van der Waals surface area contributed by atoms with Gasteiger partial charge in [0.05, 0.1) is 64.9 Å². The lowest BCUT2D eigenvalue weighted by Crippen LogP contribution is -2.39. The van der Waals surface area contributed by atoms with Crippen molar-refractivity contribution < 1.29 is 23.2 Å². The molecule has 0 saturated carbocycles. The fourth-order valence-electron chi connectivity index (χ4n) is 9.28. The summed E-state index contributed by atoms with van der Waals surface area (Å²) in [5, 5.41) is 40.4. The number of anilines is 3. The number of aromatic amines is 3. The van der Waals surface area contributed by atoms with E-state index in [1.165, 1.54) is 42.6 Å². The number of nitriles is 1. The third-order valence-corrected chi connectivity index (χ3v) is 14.3. The van der Waals surface area contributed by atoms with Crippen molar-refractivity contribution in [2.45, 2.75) is 38.9 Å². The van der Waals surface area contributed by atoms with Crippen LogP contribution >= 0.6 is 34.8 Å². The Morgan fingerprint density at radius 3 is 1.41 bits per heavy atom. The molecule has 17 nitrogen and oxygen atoms in total. The molecule has 5 aromatic carbocycles. The first-order chi connectivity index (χ1) is 38.4. The van der Waals surface area contributed by atoms with Crippen molar-refractivity contribution >= 4 is 70.0 Å². The van der Waals surface area contributed by atoms with Gasteiger partial charge in [-0.1, -0.05) is 126 Å². The normalized spacial score (nSPS) is 13.2. The third kappa shape index (κ3) is 12.4. The van der Waals surface area contributed by atoms with E-state index in [1.807, 2.05) is 91.0 Å². The summed E-state index contributed by atoms with van der Waals surface area (Å²) in [5.74, 6) is -1.13. The fraction of sp³-hybridized carbons (Fsp3) is 0.158. The highest BCUT2D eigenvalue weighted by molar-refractivity contribution is 6.41. The Balaban J connectivity index is 0.000000134. The second-order valence-corrected chi connectivity index (χ2v) is 19.6. The smallest absolute Gasteiger partial charge is 0.320 e. The van der Waals surface area contributed by atoms with Gasteiger partial charge in [0.15, 0.2) is 0 Å². The predicted molar refractivity (Wildman–Crippen MR) is 298 cm³/mol. The molecule has 3 aliphatic rings. The molecule has 6 amide bonds. The van der Waals surface area contributed by atoms with E-state index in [4.69, 9.17) is 40.1 Å². The number of carbonyl (C=O) groups is 3. The summed E-state index contributed by atoms with van der Waals surface area (Å²) in [4.78, 5) is 46.9. The third-order valence-electron chi connectivity index (χ3n) is 13.4. The van der Waals surface area contributed by atoms with E-state index in [0.717, 1.165) is 74.0 Å². The number of hydrogen-bond donors (Lipinski definition) is 6. The van der Waals surface area contributed by atoms with Gasteiger partial charge >= 0.3 is 18.1 Å². The molecule has 0 aliphatic carbocycles. The van der Waals surface area contributed by atoms with Gasteiger partial charge in [-0.05, 0) is 42.5 Å². The molecule has 6 N–H and O–H groups in total. The maximum absolute atomic E-state index is 13.9. The van der Waals surface area contributed by atoms with Crippen LogP contribution in [0.5, 0.6) is 0 Å². The number of nitrogens with zero attached hydrogens (tertiary/aromatic N) is 8. The highest BCUT2D eigenvalue weighted by Crippen LogP contribution is 2.32. The zero-order chi connectivity index (χ0) is 55.0. The van der Waals surface area contributed by atoms with Crippen LogP contribution in [0.4, 0.5) is 40.2 Å². The van der Waals surface area contributed by atoms with Gasteiger partial charge in [-0.2, -0.15) is 20.6 Å². The van der Waals surface area contributed by atoms with Gasteiger partial charge in [0.2, 0.25) is 0 Å². The largest absolute Gasteiger partial charge is 0.322 e. The van der Waals surface area contributed by atoms with Gasteiger partial charge in [-0.3, -0.25) is 15.3 Å². The van der Waals surface area contributed by atoms with Crippen molar-refractivity contribution in [3.05, 3.63) is 206 Å². The number of nitrogens with one attached hydrogen (secondary N) is 6. The number of benzene rings is 5. The monoisotopic (exact) mass is 1120 g/mol. The highest BCUT2D eigenvalue weighted by atomic mass is 35.5. The molecule has 0 unspecified atom stereocenters. The van der Waals surface area contributed by atoms with Crippen molar-refractivity contribution in [3.8, 4) is 39.8 Å². The lowest BCUT2D eigenvalue weighted by atomic mass is 10.0. The zero-order valence-corrected chi connectivity index (χ0v) is 44.1. The summed E-state index contributed by atoms with van der Waals surface area (Å²) < 4.78 is 27.3. The van der Waals surface area contributed by atoms with Crippen LogP contribution in [0.1, 0.15) is 39.3 Å². The first-order valence-corrected chi connectivity index (χ1v) is 26.0. The van der Waals surface area contributed by atoms with Gasteiger partial charge < -0.3 is 30.7 Å². The quantitative estimate of drug-likeness (QED) is 0.0878. The molecule has 7 heterocycles. The van der Waals surface area contributed by atoms with Gasteiger partial charge in [0.25, 0.3) is 0 Å². The number of carbonyl (C=O) groups excluding carboxylic acids is 3. The first-order valence-electron chi connectivity index (χ1n) is 24.9. The molecule has 398 valence electrons. The molecular weight excluding hydrogens is 1070 g/mol. The van der Waals surface area contributed by atoms with Crippen LogP contribution in [0.15, 0.2) is 140 Å². The fourth-order valence-corrected chi connectivity index (χ4v) is 9.72. The maximum atomic E-state index is 13.9. The van der Waals surface area contributed by atoms with E-state index in [9.17, 15) is 23.2 Å². The molecule has 9 aromatic rings. The van der Waals surface area contributed by atoms with Gasteiger partial charge in [-0.15, -0.1) is 0 Å². The van der Waals surface area contributed by atoms with Crippen LogP contribution in [-0.2, 0) is 38.9 Å². The molecule has 0 spiro atoms. The van der Waals surface area contributed by atoms with E-state index in [0.29, 0.717) is 73.5 Å². The van der Waals surface area contributed by atoms with Crippen LogP contribution in [0, 0.1) is 23.0 Å². The SMILES string of the molecule is N#Cc1cc(NC(=O)N2CCc3[nH]nc(-c4ccccc4)c3C2)ccc1F.O=C(Nc1cc(Cl)ccc1F)N1CCc2[nH]nc(-c3ccccc3)c2C1.O=C(Nc1cnc(Cl)c(Cl)c1)N1CCc2[nH]nc(-c3ccccc3)c2C1. The standard InChI is InChI=1S/C20H16FN5O.C19H16ClFN4O.C18H15Cl2N5O/c21-17-7-6-15(10-14(17)11-22)23-20(27)26-9-8-18-16(12-26)19(25-24-18)13-4-2-1-3-5-13;20-13-6-7-15(21)17(10-13)22-19(26)25-9-8-16-14(11-25)18(24-23-16)12-4-2-1-3-5-12;19-14-8-12(9-21-17(14)20)22-18(26)25-7-6-15-13(10-25)16(24-23-15)11-4-2-1-3-5-11/h1-7,10H,8-9,12H2,(H,23,27)(H,24,25);1-7,10H,8-9,11H2,(H,22,26)(H,23,24);1-5,8-9H,6-7,10H2,(H,22,26)(H,23,24). The summed E-state index contributed by atoms with van der Waals surface area (Å²) in [6, 6.07) is 40.1. The number of pyridine rings is 1. The van der Waals surface area contributed by atoms with E-state index in [2.05, 4.69) is 51.5 Å². The first kappa shape index (κ1) is 53.3. The second-order valence-electron chi connectivity index (χ2n) is 18.4. The minimum absolute atomic E-state index is 0.0729. The Bertz CT molecular complexity index is 3720. The lowest BCUT2D eigenvalue weighted by Gasteiger charge is -2.27. The van der Waals surface area contributed by atoms with Crippen molar-refractivity contribution in [1.82, 2.24) is 50.3 Å². The second kappa shape index (κ2) is 24.1. The van der Waals surface area contributed by atoms with Crippen molar-refractivity contribution in [2.75, 3.05) is 35.6 Å². The molecule has 0 bridgehead atoms. The van der Waals surface area contributed by atoms with Gasteiger partial charge in [0.1, 0.15) is 22.9 Å². The molecule has 0 atom stereocenters. The number of aromatic nitrogens is 7. The van der Waals surface area contributed by atoms with Gasteiger partial charge in [-0.25, -0.2) is 28.1 Å². The number of urea groups is 3. The van der Waals surface area contributed by atoms with Crippen LogP contribution in [0.25, 0.3) is 33.8 Å². The molecule has 4 aromatic heterocycles. The van der Waals surface area contributed by atoms with E-state index >= 15 is 0 Å². The number of H-pyrrole nitrogens is 3. The summed E-state index contributed by atoms with van der Waals surface area (Å²) in [7, 11) is 0. The molecular formula is C57H47Cl3F2N14O3. The summed E-state index contributed by atoms with van der Waals surface area (Å²) >= 11 is 17.6. The average Bonchev–Trinajstić information content (AvgIpc) is 4.26.